The summed E-state index contributed by atoms with van der Waals surface area (Å²) in [6, 6.07) is 0. The van der Waals surface area contributed by atoms with Crippen LogP contribution >= 0.6 is 0 Å². The third kappa shape index (κ3) is 5.42. The van der Waals surface area contributed by atoms with Gasteiger partial charge in [0.25, 0.3) is 0 Å². The number of hydrogen-bond acceptors (Lipinski definition) is 3. The van der Waals surface area contributed by atoms with Crippen molar-refractivity contribution in [3.8, 4) is 0 Å². The number of carboxylic acids is 1. The molecule has 0 aromatic carbocycles. The average Bonchev–Trinajstić information content (AvgIpc) is 2.23. The highest BCUT2D eigenvalue weighted by Crippen LogP contribution is 2.47. The highest BCUT2D eigenvalue weighted by molar-refractivity contribution is 5.85. The monoisotopic (exact) mass is 369 g/mol. The van der Waals surface area contributed by atoms with Gasteiger partial charge in [-0.15, -0.1) is 0 Å². The molecular weight excluding hydrogens is 365 g/mol. The van der Waals surface area contributed by atoms with Crippen LogP contribution in [0.4, 0.5) is 48.3 Å². The summed E-state index contributed by atoms with van der Waals surface area (Å²) < 4.78 is 136. The third-order valence-corrected chi connectivity index (χ3v) is 2.04. The second kappa shape index (κ2) is 6.39. The molecule has 0 aromatic rings. The number of halogens is 11. The normalized spacial score (nSPS) is 16.2. The smallest absolute Gasteiger partial charge is 0.473 e. The van der Waals surface area contributed by atoms with E-state index < -0.39 is 54.8 Å². The first-order valence-corrected chi connectivity index (χ1v) is 5.05. The van der Waals surface area contributed by atoms with Crippen LogP contribution in [0.2, 0.25) is 0 Å². The molecule has 1 unspecified atom stereocenters. The van der Waals surface area contributed by atoms with E-state index >= 15 is 0 Å². The lowest BCUT2D eigenvalue weighted by atomic mass is 10.1. The maximum Gasteiger partial charge on any atom is 0.473 e. The van der Waals surface area contributed by atoms with Gasteiger partial charge in [-0.05, 0) is 0 Å². The van der Waals surface area contributed by atoms with Crippen LogP contribution in [0.5, 0.6) is 0 Å². The molecular formula is C9H4F11O3-. The Balaban J connectivity index is 5.45. The molecule has 14 heteroatoms. The van der Waals surface area contributed by atoms with E-state index in [2.05, 4.69) is 4.74 Å². The van der Waals surface area contributed by atoms with E-state index in [1.165, 1.54) is 0 Å². The zero-order chi connectivity index (χ0) is 18.9. The summed E-state index contributed by atoms with van der Waals surface area (Å²) in [7, 11) is 0. The molecule has 23 heavy (non-hydrogen) atoms. The molecule has 0 fully saturated rings. The Morgan fingerprint density at radius 2 is 1.43 bits per heavy atom. The second-order valence-corrected chi connectivity index (χ2v) is 3.85. The molecule has 0 bridgehead atoms. The lowest BCUT2D eigenvalue weighted by Gasteiger charge is -2.27. The van der Waals surface area contributed by atoms with Crippen molar-refractivity contribution in [2.24, 2.45) is 0 Å². The largest absolute Gasteiger partial charge is 0.545 e. The van der Waals surface area contributed by atoms with E-state index in [4.69, 9.17) is 0 Å². The lowest BCUT2D eigenvalue weighted by molar-refractivity contribution is -0.413. The quantitative estimate of drug-likeness (QED) is 0.411. The molecule has 0 spiro atoms. The van der Waals surface area contributed by atoms with E-state index in [-0.39, 0.29) is 0 Å². The Hall–Kier alpha value is -1.76. The molecule has 1 atom stereocenters. The molecule has 0 N–H and O–H groups in total. The fourth-order valence-corrected chi connectivity index (χ4v) is 0.939. The Bertz CT molecular complexity index is 462. The number of hydrogen-bond donors (Lipinski definition) is 0. The van der Waals surface area contributed by atoms with E-state index in [1.54, 1.807) is 0 Å². The molecule has 0 aromatic heterocycles. The minimum atomic E-state index is -6.84. The van der Waals surface area contributed by atoms with Gasteiger partial charge in [0.1, 0.15) is 6.17 Å². The van der Waals surface area contributed by atoms with Gasteiger partial charge in [0.2, 0.25) is 0 Å². The Labute approximate surface area is 119 Å². The van der Waals surface area contributed by atoms with Gasteiger partial charge in [0.15, 0.2) is 0 Å². The summed E-state index contributed by atoms with van der Waals surface area (Å²) in [5, 5.41) is 10.3. The summed E-state index contributed by atoms with van der Waals surface area (Å²) in [4.78, 5) is 10.3. The van der Waals surface area contributed by atoms with E-state index in [9.17, 15) is 58.2 Å². The van der Waals surface area contributed by atoms with Crippen molar-refractivity contribution in [1.29, 1.82) is 0 Å². The number of rotatable bonds is 6. The standard InChI is InChI=1S/C9H5F11O3/c10-4(1-6(11,12)13)3(5(21)22)2-23-9(19,20)7(14,15)8(16,17)18/h2,4H,1H2,(H,21,22)/p-1. The topological polar surface area (TPSA) is 49.4 Å². The maximum atomic E-state index is 13.0. The van der Waals surface area contributed by atoms with Crippen LogP contribution < -0.4 is 5.11 Å². The van der Waals surface area contributed by atoms with Crippen LogP contribution in [0.3, 0.4) is 0 Å². The van der Waals surface area contributed by atoms with Gasteiger partial charge in [0, 0.05) is 5.57 Å². The number of carbonyl (C=O) groups excluding carboxylic acids is 1. The summed E-state index contributed by atoms with van der Waals surface area (Å²) in [5.41, 5.74) is -2.33. The number of ether oxygens (including phenoxy) is 1. The van der Waals surface area contributed by atoms with Crippen molar-refractivity contribution < 1.29 is 62.9 Å². The van der Waals surface area contributed by atoms with Crippen molar-refractivity contribution in [3.63, 3.8) is 0 Å². The minimum Gasteiger partial charge on any atom is -0.545 e. The Morgan fingerprint density at radius 1 is 1.00 bits per heavy atom. The molecule has 0 aliphatic carbocycles. The van der Waals surface area contributed by atoms with Gasteiger partial charge >= 0.3 is 24.4 Å². The first-order valence-electron chi connectivity index (χ1n) is 5.05. The predicted octanol–water partition coefficient (Wildman–Crippen LogP) is 2.72. The van der Waals surface area contributed by atoms with Crippen molar-refractivity contribution >= 4 is 5.97 Å². The molecule has 0 saturated heterocycles. The predicted molar refractivity (Wildman–Crippen MR) is 45.7 cm³/mol. The van der Waals surface area contributed by atoms with Crippen LogP contribution in [-0.2, 0) is 9.53 Å². The minimum absolute atomic E-state index is 1.19. The van der Waals surface area contributed by atoms with Gasteiger partial charge in [-0.3, -0.25) is 0 Å². The number of carbonyl (C=O) groups is 1. The van der Waals surface area contributed by atoms with Gasteiger partial charge in [0.05, 0.1) is 18.7 Å². The summed E-state index contributed by atoms with van der Waals surface area (Å²) in [5.74, 6) is -9.71. The van der Waals surface area contributed by atoms with Crippen LogP contribution in [0.15, 0.2) is 11.8 Å². The fraction of sp³-hybridized carbons (Fsp3) is 0.667. The van der Waals surface area contributed by atoms with Crippen molar-refractivity contribution in [3.05, 3.63) is 11.8 Å². The van der Waals surface area contributed by atoms with Crippen LogP contribution in [0.25, 0.3) is 0 Å². The van der Waals surface area contributed by atoms with Crippen molar-refractivity contribution in [1.82, 2.24) is 0 Å². The average molecular weight is 369 g/mol. The maximum absolute atomic E-state index is 13.0. The summed E-state index contributed by atoms with van der Waals surface area (Å²) in [6.07, 6.45) is -25.9. The zero-order valence-corrected chi connectivity index (χ0v) is 10.2. The van der Waals surface area contributed by atoms with Gasteiger partial charge in [-0.25, -0.2) is 4.39 Å². The summed E-state index contributed by atoms with van der Waals surface area (Å²) in [6.45, 7) is 0. The zero-order valence-electron chi connectivity index (χ0n) is 10.2. The number of alkyl halides is 11. The fourth-order valence-electron chi connectivity index (χ4n) is 0.939. The van der Waals surface area contributed by atoms with Crippen molar-refractivity contribution in [2.45, 2.75) is 37.0 Å². The van der Waals surface area contributed by atoms with Crippen LogP contribution in [-0.4, -0.2) is 36.5 Å². The summed E-state index contributed by atoms with van der Waals surface area (Å²) >= 11 is 0. The van der Waals surface area contributed by atoms with E-state index in [0.29, 0.717) is 0 Å². The van der Waals surface area contributed by atoms with Crippen LogP contribution in [0, 0.1) is 0 Å². The first-order chi connectivity index (χ1) is 9.92. The highest BCUT2D eigenvalue weighted by Gasteiger charge is 2.75. The third-order valence-electron chi connectivity index (χ3n) is 2.04. The Kier molecular flexibility index (Phi) is 5.90. The van der Waals surface area contributed by atoms with Gasteiger partial charge < -0.3 is 14.6 Å². The number of aliphatic carboxylic acids is 1. The molecule has 136 valence electrons. The highest BCUT2D eigenvalue weighted by atomic mass is 19.4. The molecule has 3 nitrogen and oxygen atoms in total. The lowest BCUT2D eigenvalue weighted by Crippen LogP contribution is -2.52. The Morgan fingerprint density at radius 3 is 1.74 bits per heavy atom. The van der Waals surface area contributed by atoms with E-state index in [1.807, 2.05) is 0 Å². The van der Waals surface area contributed by atoms with E-state index in [0.717, 1.165) is 0 Å². The number of carboxylic acid groups (broad SMARTS) is 1. The molecule has 0 aliphatic heterocycles. The molecule has 0 saturated carbocycles. The molecule has 0 amide bonds. The molecule has 0 heterocycles. The molecule has 0 rings (SSSR count). The SMILES string of the molecule is O=C([O-])C(=COC(F)(F)C(F)(F)C(F)(F)F)C(F)CC(F)(F)F. The van der Waals surface area contributed by atoms with Crippen molar-refractivity contribution in [2.75, 3.05) is 0 Å². The van der Waals surface area contributed by atoms with Gasteiger partial charge in [-0.1, -0.05) is 0 Å². The molecule has 0 aliphatic rings. The van der Waals surface area contributed by atoms with Crippen LogP contribution in [0.1, 0.15) is 6.42 Å². The molecule has 0 radical (unpaired) electrons. The first kappa shape index (κ1) is 21.2. The second-order valence-electron chi connectivity index (χ2n) is 3.85. The van der Waals surface area contributed by atoms with Gasteiger partial charge in [-0.2, -0.15) is 43.9 Å².